The van der Waals surface area contributed by atoms with E-state index in [-0.39, 0.29) is 6.29 Å². The SMILES string of the molecule is CCCOC(OC)c1ccc(C)cc1. The third-order valence-electron chi connectivity index (χ3n) is 2.04. The first-order valence-electron chi connectivity index (χ1n) is 4.99. The minimum absolute atomic E-state index is 0.226. The molecule has 0 saturated carbocycles. The van der Waals surface area contributed by atoms with Gasteiger partial charge in [-0.2, -0.15) is 0 Å². The standard InChI is InChI=1S/C12H18O2/c1-4-9-14-12(13-3)11-7-5-10(2)6-8-11/h5-8,12H,4,9H2,1-3H3. The van der Waals surface area contributed by atoms with Gasteiger partial charge in [-0.15, -0.1) is 0 Å². The van der Waals surface area contributed by atoms with Crippen LogP contribution in [-0.4, -0.2) is 13.7 Å². The van der Waals surface area contributed by atoms with E-state index >= 15 is 0 Å². The fourth-order valence-electron chi connectivity index (χ4n) is 1.25. The Morgan fingerprint density at radius 3 is 2.36 bits per heavy atom. The van der Waals surface area contributed by atoms with Gasteiger partial charge in [0.2, 0.25) is 0 Å². The third kappa shape index (κ3) is 3.13. The Bertz CT molecular complexity index is 254. The Hall–Kier alpha value is -0.860. The van der Waals surface area contributed by atoms with Crippen LogP contribution in [-0.2, 0) is 9.47 Å². The molecule has 0 aliphatic rings. The van der Waals surface area contributed by atoms with E-state index in [0.29, 0.717) is 0 Å². The van der Waals surface area contributed by atoms with Gasteiger partial charge in [-0.25, -0.2) is 0 Å². The lowest BCUT2D eigenvalue weighted by molar-refractivity contribution is -0.127. The number of hydrogen-bond donors (Lipinski definition) is 0. The number of rotatable bonds is 5. The second kappa shape index (κ2) is 5.78. The number of methoxy groups -OCH3 is 1. The van der Waals surface area contributed by atoms with Gasteiger partial charge in [0.25, 0.3) is 0 Å². The predicted molar refractivity (Wildman–Crippen MR) is 57.2 cm³/mol. The van der Waals surface area contributed by atoms with E-state index in [4.69, 9.17) is 9.47 Å². The summed E-state index contributed by atoms with van der Waals surface area (Å²) in [6.07, 6.45) is 0.779. The van der Waals surface area contributed by atoms with Crippen LogP contribution in [0.3, 0.4) is 0 Å². The summed E-state index contributed by atoms with van der Waals surface area (Å²) in [5, 5.41) is 0. The summed E-state index contributed by atoms with van der Waals surface area (Å²) in [5.41, 5.74) is 2.32. The quantitative estimate of drug-likeness (QED) is 0.671. The molecule has 0 amide bonds. The Kier molecular flexibility index (Phi) is 4.63. The van der Waals surface area contributed by atoms with Crippen molar-refractivity contribution in [1.82, 2.24) is 0 Å². The molecular weight excluding hydrogens is 176 g/mol. The van der Waals surface area contributed by atoms with Gasteiger partial charge in [-0.05, 0) is 13.3 Å². The molecule has 0 heterocycles. The molecule has 0 fully saturated rings. The molecule has 0 aromatic heterocycles. The zero-order chi connectivity index (χ0) is 10.4. The number of ether oxygens (including phenoxy) is 2. The number of hydrogen-bond acceptors (Lipinski definition) is 2. The molecule has 0 saturated heterocycles. The van der Waals surface area contributed by atoms with Crippen molar-refractivity contribution in [2.24, 2.45) is 0 Å². The smallest absolute Gasteiger partial charge is 0.183 e. The van der Waals surface area contributed by atoms with Crippen molar-refractivity contribution in [2.45, 2.75) is 26.6 Å². The highest BCUT2D eigenvalue weighted by atomic mass is 16.7. The maximum atomic E-state index is 5.54. The van der Waals surface area contributed by atoms with Gasteiger partial charge >= 0.3 is 0 Å². The predicted octanol–water partition coefficient (Wildman–Crippen LogP) is 3.07. The highest BCUT2D eigenvalue weighted by molar-refractivity contribution is 5.22. The summed E-state index contributed by atoms with van der Waals surface area (Å²) in [7, 11) is 1.67. The summed E-state index contributed by atoms with van der Waals surface area (Å²) in [5.74, 6) is 0. The van der Waals surface area contributed by atoms with Crippen molar-refractivity contribution in [1.29, 1.82) is 0 Å². The lowest BCUT2D eigenvalue weighted by atomic mass is 10.1. The molecule has 1 unspecified atom stereocenters. The molecule has 0 aliphatic heterocycles. The van der Waals surface area contributed by atoms with E-state index in [9.17, 15) is 0 Å². The molecule has 0 aliphatic carbocycles. The summed E-state index contributed by atoms with van der Waals surface area (Å²) >= 11 is 0. The monoisotopic (exact) mass is 194 g/mol. The first-order chi connectivity index (χ1) is 6.77. The Labute approximate surface area is 85.8 Å². The highest BCUT2D eigenvalue weighted by Gasteiger charge is 2.08. The summed E-state index contributed by atoms with van der Waals surface area (Å²) in [6, 6.07) is 8.21. The van der Waals surface area contributed by atoms with Crippen molar-refractivity contribution in [3.63, 3.8) is 0 Å². The van der Waals surface area contributed by atoms with Gasteiger partial charge in [0.1, 0.15) is 0 Å². The van der Waals surface area contributed by atoms with Gasteiger partial charge in [-0.3, -0.25) is 0 Å². The largest absolute Gasteiger partial charge is 0.352 e. The average Bonchev–Trinajstić information content (AvgIpc) is 2.21. The molecule has 1 atom stereocenters. The minimum atomic E-state index is -0.226. The first-order valence-corrected chi connectivity index (χ1v) is 4.99. The molecule has 78 valence electrons. The van der Waals surface area contributed by atoms with Crippen molar-refractivity contribution < 1.29 is 9.47 Å². The molecule has 14 heavy (non-hydrogen) atoms. The Balaban J connectivity index is 2.64. The fourth-order valence-corrected chi connectivity index (χ4v) is 1.25. The van der Waals surface area contributed by atoms with Crippen molar-refractivity contribution in [3.8, 4) is 0 Å². The van der Waals surface area contributed by atoms with Crippen LogP contribution in [0, 0.1) is 6.92 Å². The van der Waals surface area contributed by atoms with Crippen LogP contribution < -0.4 is 0 Å². The molecule has 1 aromatic carbocycles. The van der Waals surface area contributed by atoms with Crippen molar-refractivity contribution in [3.05, 3.63) is 35.4 Å². The zero-order valence-electron chi connectivity index (χ0n) is 9.12. The van der Waals surface area contributed by atoms with E-state index in [1.807, 2.05) is 12.1 Å². The van der Waals surface area contributed by atoms with Crippen molar-refractivity contribution in [2.75, 3.05) is 13.7 Å². The summed E-state index contributed by atoms with van der Waals surface area (Å²) in [6.45, 7) is 4.88. The molecule has 0 radical (unpaired) electrons. The maximum absolute atomic E-state index is 5.54. The molecular formula is C12H18O2. The topological polar surface area (TPSA) is 18.5 Å². The molecule has 0 spiro atoms. The molecule has 1 rings (SSSR count). The second-order valence-electron chi connectivity index (χ2n) is 3.35. The van der Waals surface area contributed by atoms with Gasteiger partial charge < -0.3 is 9.47 Å². The molecule has 2 heteroatoms. The molecule has 0 bridgehead atoms. The van der Waals surface area contributed by atoms with Gasteiger partial charge in [0.15, 0.2) is 6.29 Å². The number of benzene rings is 1. The van der Waals surface area contributed by atoms with Crippen LogP contribution in [0.5, 0.6) is 0 Å². The Morgan fingerprint density at radius 1 is 1.21 bits per heavy atom. The third-order valence-corrected chi connectivity index (χ3v) is 2.04. The summed E-state index contributed by atoms with van der Waals surface area (Å²) < 4.78 is 10.8. The summed E-state index contributed by atoms with van der Waals surface area (Å²) in [4.78, 5) is 0. The highest BCUT2D eigenvalue weighted by Crippen LogP contribution is 2.18. The maximum Gasteiger partial charge on any atom is 0.183 e. The minimum Gasteiger partial charge on any atom is -0.352 e. The van der Waals surface area contributed by atoms with E-state index in [1.165, 1.54) is 5.56 Å². The number of aryl methyl sites for hydroxylation is 1. The van der Waals surface area contributed by atoms with Crippen LogP contribution in [0.4, 0.5) is 0 Å². The van der Waals surface area contributed by atoms with Crippen LogP contribution in [0.2, 0.25) is 0 Å². The van der Waals surface area contributed by atoms with Crippen molar-refractivity contribution >= 4 is 0 Å². The Morgan fingerprint density at radius 2 is 1.86 bits per heavy atom. The lowest BCUT2D eigenvalue weighted by Gasteiger charge is -2.16. The average molecular weight is 194 g/mol. The second-order valence-corrected chi connectivity index (χ2v) is 3.35. The van der Waals surface area contributed by atoms with E-state index < -0.39 is 0 Å². The van der Waals surface area contributed by atoms with E-state index in [1.54, 1.807) is 7.11 Å². The van der Waals surface area contributed by atoms with Crippen LogP contribution in [0.15, 0.2) is 24.3 Å². The van der Waals surface area contributed by atoms with Crippen LogP contribution >= 0.6 is 0 Å². The molecule has 0 N–H and O–H groups in total. The molecule has 2 nitrogen and oxygen atoms in total. The van der Waals surface area contributed by atoms with Crippen LogP contribution in [0.1, 0.15) is 30.8 Å². The first kappa shape index (κ1) is 11.2. The normalized spacial score (nSPS) is 12.8. The zero-order valence-corrected chi connectivity index (χ0v) is 9.12. The van der Waals surface area contributed by atoms with E-state index in [2.05, 4.69) is 26.0 Å². The van der Waals surface area contributed by atoms with Gasteiger partial charge in [0.05, 0.1) is 0 Å². The van der Waals surface area contributed by atoms with E-state index in [0.717, 1.165) is 18.6 Å². The fraction of sp³-hybridized carbons (Fsp3) is 0.500. The van der Waals surface area contributed by atoms with Gasteiger partial charge in [-0.1, -0.05) is 36.8 Å². The van der Waals surface area contributed by atoms with Gasteiger partial charge in [0, 0.05) is 19.3 Å². The molecule has 1 aromatic rings. The lowest BCUT2D eigenvalue weighted by Crippen LogP contribution is -2.07. The van der Waals surface area contributed by atoms with Crippen LogP contribution in [0.25, 0.3) is 0 Å².